The van der Waals surface area contributed by atoms with Crippen molar-refractivity contribution in [2.75, 3.05) is 6.54 Å². The second-order valence-corrected chi connectivity index (χ2v) is 7.92. The summed E-state index contributed by atoms with van der Waals surface area (Å²) < 4.78 is 27.5. The molecule has 7 heteroatoms. The fourth-order valence-electron chi connectivity index (χ4n) is 2.65. The van der Waals surface area contributed by atoms with Crippen molar-refractivity contribution >= 4 is 15.9 Å². The summed E-state index contributed by atoms with van der Waals surface area (Å²) in [5.41, 5.74) is 6.38. The molecule has 0 aromatic rings. The highest BCUT2D eigenvalue weighted by molar-refractivity contribution is 7.89. The number of fused-ring (bicyclic) bond motifs is 1. The Morgan fingerprint density at radius 1 is 1.17 bits per heavy atom. The molecule has 130 valence electrons. The van der Waals surface area contributed by atoms with Gasteiger partial charge in [-0.25, -0.2) is 19.0 Å². The molecule has 0 fully saturated rings. The average molecular weight is 349 g/mol. The van der Waals surface area contributed by atoms with Crippen LogP contribution in [0.4, 0.5) is 0 Å². The minimum Gasteiger partial charge on any atom is -0.293 e. The van der Waals surface area contributed by atoms with Crippen LogP contribution in [0.25, 0.3) is 11.1 Å². The van der Waals surface area contributed by atoms with Gasteiger partial charge in [-0.05, 0) is 48.1 Å². The molecule has 0 aromatic carbocycles. The Morgan fingerprint density at radius 2 is 1.83 bits per heavy atom. The number of rotatable bonds is 5. The molecule has 0 unspecified atom stereocenters. The molecule has 6 nitrogen and oxygen atoms in total. The summed E-state index contributed by atoms with van der Waals surface area (Å²) in [4.78, 5) is 11.4. The molecular formula is C17H23N3O3S. The minimum atomic E-state index is -3.82. The maximum absolute atomic E-state index is 12.6. The molecule has 2 aliphatic carbocycles. The van der Waals surface area contributed by atoms with Crippen LogP contribution in [-0.4, -0.2) is 20.9 Å². The molecule has 1 amide bonds. The lowest BCUT2D eigenvalue weighted by Crippen LogP contribution is -2.40. The third-order valence-electron chi connectivity index (χ3n) is 4.06. The first-order valence-electron chi connectivity index (χ1n) is 7.70. The normalized spacial score (nSPS) is 11.9. The van der Waals surface area contributed by atoms with E-state index < -0.39 is 22.5 Å². The van der Waals surface area contributed by atoms with E-state index in [2.05, 4.69) is 18.6 Å². The van der Waals surface area contributed by atoms with Crippen LogP contribution in [0.5, 0.6) is 0 Å². The van der Waals surface area contributed by atoms with E-state index in [1.54, 1.807) is 6.07 Å². The molecular weight excluding hydrogens is 326 g/mol. The van der Waals surface area contributed by atoms with Crippen LogP contribution in [0.3, 0.4) is 0 Å². The Hall–Kier alpha value is -1.96. The molecule has 2 rings (SSSR count). The van der Waals surface area contributed by atoms with Crippen molar-refractivity contribution in [3.05, 3.63) is 41.0 Å². The summed E-state index contributed by atoms with van der Waals surface area (Å²) in [5, 5.41) is 0. The standard InChI is InChI=1S/C17H23N3O3S/c1-10(2)13-6-5-11(3)17-14(8-13)12(4)7-15(17)24(22,23)19-9-16(21)20-18/h5-8,10,19H,9,18H2,1-4H3,(H,20,21). The molecule has 0 bridgehead atoms. The Kier molecular flexibility index (Phi) is 5.27. The fourth-order valence-corrected chi connectivity index (χ4v) is 4.00. The van der Waals surface area contributed by atoms with Crippen molar-refractivity contribution in [2.45, 2.75) is 38.5 Å². The number of nitrogens with two attached hydrogens (primary N) is 1. The van der Waals surface area contributed by atoms with Gasteiger partial charge in [0.25, 0.3) is 0 Å². The van der Waals surface area contributed by atoms with E-state index in [1.165, 1.54) is 0 Å². The lowest BCUT2D eigenvalue weighted by atomic mass is 10.0. The van der Waals surface area contributed by atoms with E-state index in [1.807, 2.05) is 37.5 Å². The Balaban J connectivity index is 2.57. The van der Waals surface area contributed by atoms with Crippen LogP contribution in [0.2, 0.25) is 0 Å². The minimum absolute atomic E-state index is 0.184. The van der Waals surface area contributed by atoms with Crippen LogP contribution >= 0.6 is 0 Å². The summed E-state index contributed by atoms with van der Waals surface area (Å²) in [6.45, 7) is 7.56. The zero-order valence-electron chi connectivity index (χ0n) is 14.3. The molecule has 4 N–H and O–H groups in total. The first-order valence-corrected chi connectivity index (χ1v) is 9.18. The summed E-state index contributed by atoms with van der Waals surface area (Å²) in [6.07, 6.45) is 0. The van der Waals surface area contributed by atoms with Crippen LogP contribution in [0.1, 0.15) is 36.5 Å². The quantitative estimate of drug-likeness (QED) is 0.435. The fraction of sp³-hybridized carbons (Fsp3) is 0.353. The number of amides is 1. The summed E-state index contributed by atoms with van der Waals surface area (Å²) >= 11 is 0. The van der Waals surface area contributed by atoms with E-state index in [-0.39, 0.29) is 4.90 Å². The topological polar surface area (TPSA) is 101 Å². The van der Waals surface area contributed by atoms with E-state index in [4.69, 9.17) is 5.84 Å². The van der Waals surface area contributed by atoms with E-state index in [0.717, 1.165) is 22.3 Å². The number of carbonyl (C=O) groups is 1. The molecule has 0 aromatic heterocycles. The summed E-state index contributed by atoms with van der Waals surface area (Å²) in [7, 11) is -3.82. The highest BCUT2D eigenvalue weighted by Crippen LogP contribution is 2.38. The van der Waals surface area contributed by atoms with Crippen molar-refractivity contribution in [2.24, 2.45) is 5.84 Å². The van der Waals surface area contributed by atoms with Crippen LogP contribution in [0.15, 0.2) is 29.2 Å². The molecule has 2 aliphatic rings. The van der Waals surface area contributed by atoms with Gasteiger partial charge in [0.1, 0.15) is 0 Å². The van der Waals surface area contributed by atoms with Crippen LogP contribution in [-0.2, 0) is 14.8 Å². The van der Waals surface area contributed by atoms with Crippen LogP contribution in [0, 0.1) is 13.8 Å². The summed E-state index contributed by atoms with van der Waals surface area (Å²) in [6, 6.07) is 7.63. The predicted molar refractivity (Wildman–Crippen MR) is 94.1 cm³/mol. The zero-order chi connectivity index (χ0) is 18.1. The number of aryl methyl sites for hydroxylation is 2. The number of nitrogens with one attached hydrogen (secondary N) is 2. The predicted octanol–water partition coefficient (Wildman–Crippen LogP) is 1.80. The molecule has 0 spiro atoms. The van der Waals surface area contributed by atoms with Gasteiger partial charge in [0, 0.05) is 5.56 Å². The Bertz CT molecular complexity index is 845. The van der Waals surface area contributed by atoms with Gasteiger partial charge in [0.15, 0.2) is 0 Å². The van der Waals surface area contributed by atoms with Gasteiger partial charge < -0.3 is 0 Å². The molecule has 0 atom stereocenters. The highest BCUT2D eigenvalue weighted by atomic mass is 32.2. The third-order valence-corrected chi connectivity index (χ3v) is 5.48. The molecule has 24 heavy (non-hydrogen) atoms. The summed E-state index contributed by atoms with van der Waals surface area (Å²) in [5.74, 6) is 4.72. The molecule has 0 saturated carbocycles. The molecule has 0 saturated heterocycles. The Morgan fingerprint density at radius 3 is 2.42 bits per heavy atom. The van der Waals surface area contributed by atoms with Gasteiger partial charge in [0.05, 0.1) is 11.4 Å². The lowest BCUT2D eigenvalue weighted by Gasteiger charge is -2.08. The van der Waals surface area contributed by atoms with Gasteiger partial charge in [-0.15, -0.1) is 0 Å². The van der Waals surface area contributed by atoms with Gasteiger partial charge in [-0.1, -0.05) is 32.0 Å². The molecule has 0 radical (unpaired) electrons. The van der Waals surface area contributed by atoms with Crippen molar-refractivity contribution in [3.8, 4) is 11.1 Å². The van der Waals surface area contributed by atoms with Gasteiger partial charge in [-0.2, -0.15) is 0 Å². The van der Waals surface area contributed by atoms with Crippen molar-refractivity contribution < 1.29 is 13.2 Å². The second kappa shape index (κ2) is 6.88. The monoisotopic (exact) mass is 349 g/mol. The number of hydrogen-bond acceptors (Lipinski definition) is 4. The number of carbonyl (C=O) groups excluding carboxylic acids is 1. The second-order valence-electron chi connectivity index (χ2n) is 6.19. The van der Waals surface area contributed by atoms with E-state index in [0.29, 0.717) is 11.5 Å². The SMILES string of the molecule is Cc1cc(S(=O)(=O)NCC(=O)NN)c2c(C)ccc(C(C)C)cc1-2. The van der Waals surface area contributed by atoms with Crippen molar-refractivity contribution in [3.63, 3.8) is 0 Å². The van der Waals surface area contributed by atoms with Crippen molar-refractivity contribution in [1.29, 1.82) is 0 Å². The van der Waals surface area contributed by atoms with Gasteiger partial charge in [0.2, 0.25) is 15.9 Å². The average Bonchev–Trinajstić information content (AvgIpc) is 2.75. The van der Waals surface area contributed by atoms with Gasteiger partial charge >= 0.3 is 0 Å². The van der Waals surface area contributed by atoms with E-state index in [9.17, 15) is 13.2 Å². The van der Waals surface area contributed by atoms with E-state index >= 15 is 0 Å². The number of hydrazine groups is 1. The van der Waals surface area contributed by atoms with Crippen LogP contribution < -0.4 is 16.0 Å². The first kappa shape index (κ1) is 18.4. The maximum atomic E-state index is 12.6. The van der Waals surface area contributed by atoms with Crippen molar-refractivity contribution in [1.82, 2.24) is 10.1 Å². The first-order chi connectivity index (χ1) is 11.2. The Labute approximate surface area is 142 Å². The smallest absolute Gasteiger partial charge is 0.248 e. The molecule has 0 heterocycles. The number of sulfonamides is 1. The third kappa shape index (κ3) is 3.58. The molecule has 0 aliphatic heterocycles. The highest BCUT2D eigenvalue weighted by Gasteiger charge is 2.25. The largest absolute Gasteiger partial charge is 0.293 e. The zero-order valence-corrected chi connectivity index (χ0v) is 15.1. The maximum Gasteiger partial charge on any atom is 0.248 e. The lowest BCUT2D eigenvalue weighted by molar-refractivity contribution is -0.120. The van der Waals surface area contributed by atoms with Gasteiger partial charge in [-0.3, -0.25) is 10.2 Å². The number of hydrogen-bond donors (Lipinski definition) is 3.